The van der Waals surface area contributed by atoms with Crippen molar-refractivity contribution in [1.29, 1.82) is 0 Å². The molecule has 0 aromatic carbocycles. The molecule has 0 aliphatic carbocycles. The molecule has 0 radical (unpaired) electrons. The number of rotatable bonds is 4. The van der Waals surface area contributed by atoms with Crippen molar-refractivity contribution in [2.24, 2.45) is 5.73 Å². The second-order valence-electron chi connectivity index (χ2n) is 4.39. The number of hydrogen-bond acceptors (Lipinski definition) is 2. The number of pyridine rings is 1. The summed E-state index contributed by atoms with van der Waals surface area (Å²) in [5, 5.41) is 0. The molecule has 0 spiro atoms. The number of aromatic nitrogens is 1. The Morgan fingerprint density at radius 1 is 1.40 bits per heavy atom. The fraction of sp³-hybridized carbons (Fsp3) is 0.400. The van der Waals surface area contributed by atoms with E-state index in [1.165, 1.54) is 0 Å². The Morgan fingerprint density at radius 3 is 2.33 bits per heavy atom. The predicted molar refractivity (Wildman–Crippen MR) is 59.8 cm³/mol. The summed E-state index contributed by atoms with van der Waals surface area (Å²) in [7, 11) is -1.55. The van der Waals surface area contributed by atoms with Crippen LogP contribution in [-0.2, 0) is 11.3 Å². The molecule has 0 atom stereocenters. The number of amides is 1. The lowest BCUT2D eigenvalue weighted by atomic mass is 10.4. The molecule has 0 saturated heterocycles. The van der Waals surface area contributed by atoms with E-state index < -0.39 is 8.32 Å². The minimum absolute atomic E-state index is 0.202. The van der Waals surface area contributed by atoms with E-state index in [1.54, 1.807) is 17.0 Å². The van der Waals surface area contributed by atoms with Crippen LogP contribution in [0.2, 0.25) is 19.6 Å². The van der Waals surface area contributed by atoms with Crippen molar-refractivity contribution in [2.75, 3.05) is 0 Å². The van der Waals surface area contributed by atoms with Crippen LogP contribution in [0.1, 0.15) is 0 Å². The first-order valence-corrected chi connectivity index (χ1v) is 8.24. The molecule has 0 fully saturated rings. The minimum Gasteiger partial charge on any atom is -0.544 e. The van der Waals surface area contributed by atoms with E-state index in [2.05, 4.69) is 19.6 Å². The smallest absolute Gasteiger partial charge is 0.283 e. The molecule has 1 amide bonds. The fourth-order valence-corrected chi connectivity index (χ4v) is 1.99. The number of nitrogens with zero attached hydrogens (tertiary/aromatic N) is 1. The van der Waals surface area contributed by atoms with Crippen molar-refractivity contribution < 1.29 is 13.8 Å². The third kappa shape index (κ3) is 4.60. The SMILES string of the molecule is C[Si](C)(C)Oc1cc[n+](CC(N)=O)cc1. The first-order chi connectivity index (χ1) is 6.87. The highest BCUT2D eigenvalue weighted by Crippen LogP contribution is 2.13. The van der Waals surface area contributed by atoms with Crippen LogP contribution < -0.4 is 14.7 Å². The van der Waals surface area contributed by atoms with Crippen molar-refractivity contribution >= 4 is 14.2 Å². The maximum atomic E-state index is 10.7. The molecule has 1 rings (SSSR count). The van der Waals surface area contributed by atoms with Gasteiger partial charge >= 0.3 is 0 Å². The molecule has 15 heavy (non-hydrogen) atoms. The van der Waals surface area contributed by atoms with Crippen LogP contribution in [0.25, 0.3) is 0 Å². The van der Waals surface area contributed by atoms with Gasteiger partial charge in [-0.3, -0.25) is 4.79 Å². The monoisotopic (exact) mass is 225 g/mol. The molecule has 0 unspecified atom stereocenters. The number of hydrogen-bond donors (Lipinski definition) is 1. The Hall–Kier alpha value is -1.36. The van der Waals surface area contributed by atoms with Gasteiger partial charge in [0.05, 0.1) is 0 Å². The number of primary amides is 1. The Bertz CT molecular complexity index is 343. The summed E-state index contributed by atoms with van der Waals surface area (Å²) in [4.78, 5) is 10.7. The van der Waals surface area contributed by atoms with Crippen molar-refractivity contribution in [3.8, 4) is 5.75 Å². The number of nitrogens with two attached hydrogens (primary N) is 1. The standard InChI is InChI=1S/C10H16N2O2Si/c1-15(2,3)14-9-4-6-12(7-5-9)8-10(11)13/h4-7H,8H2,1-3H3,(H-,11,13)/p+1. The van der Waals surface area contributed by atoms with Gasteiger partial charge in [0.15, 0.2) is 12.4 Å². The zero-order valence-electron chi connectivity index (χ0n) is 9.36. The van der Waals surface area contributed by atoms with Gasteiger partial charge in [-0.25, -0.2) is 0 Å². The first kappa shape index (κ1) is 11.7. The molecular formula is C10H17N2O2Si+. The lowest BCUT2D eigenvalue weighted by Crippen LogP contribution is -2.40. The molecule has 5 heteroatoms. The average molecular weight is 225 g/mol. The maximum Gasteiger partial charge on any atom is 0.283 e. The Labute approximate surface area is 90.8 Å². The van der Waals surface area contributed by atoms with Crippen LogP contribution in [0, 0.1) is 0 Å². The predicted octanol–water partition coefficient (Wildman–Crippen LogP) is 0.673. The van der Waals surface area contributed by atoms with Crippen LogP contribution in [0.5, 0.6) is 5.75 Å². The van der Waals surface area contributed by atoms with E-state index in [4.69, 9.17) is 10.2 Å². The quantitative estimate of drug-likeness (QED) is 0.605. The van der Waals surface area contributed by atoms with Crippen LogP contribution in [-0.4, -0.2) is 14.2 Å². The van der Waals surface area contributed by atoms with Gasteiger partial charge in [-0.2, -0.15) is 4.57 Å². The second kappa shape index (κ2) is 4.44. The van der Waals surface area contributed by atoms with Crippen LogP contribution >= 0.6 is 0 Å². The Morgan fingerprint density at radius 2 is 1.93 bits per heavy atom. The molecule has 2 N–H and O–H groups in total. The van der Waals surface area contributed by atoms with Crippen LogP contribution in [0.4, 0.5) is 0 Å². The first-order valence-electron chi connectivity index (χ1n) is 4.83. The van der Waals surface area contributed by atoms with Crippen LogP contribution in [0.15, 0.2) is 24.5 Å². The molecule has 1 heterocycles. The fourth-order valence-electron chi connectivity index (χ4n) is 1.15. The largest absolute Gasteiger partial charge is 0.544 e. The summed E-state index contributed by atoms with van der Waals surface area (Å²) in [5.41, 5.74) is 5.08. The highest BCUT2D eigenvalue weighted by molar-refractivity contribution is 6.70. The molecule has 1 aromatic heterocycles. The summed E-state index contributed by atoms with van der Waals surface area (Å²) in [5.74, 6) is 0.494. The lowest BCUT2D eigenvalue weighted by molar-refractivity contribution is -0.684. The van der Waals surface area contributed by atoms with E-state index in [-0.39, 0.29) is 12.5 Å². The van der Waals surface area contributed by atoms with Gasteiger partial charge in [0.1, 0.15) is 5.75 Å². The second-order valence-corrected chi connectivity index (χ2v) is 8.82. The van der Waals surface area contributed by atoms with E-state index in [0.29, 0.717) is 0 Å². The van der Waals surface area contributed by atoms with Gasteiger partial charge in [-0.05, 0) is 19.6 Å². The highest BCUT2D eigenvalue weighted by atomic mass is 28.4. The normalized spacial score (nSPS) is 11.1. The lowest BCUT2D eigenvalue weighted by Gasteiger charge is -2.18. The number of carbonyl (C=O) groups excluding carboxylic acids is 1. The van der Waals surface area contributed by atoms with E-state index in [9.17, 15) is 4.79 Å². The molecule has 1 aromatic rings. The molecule has 4 nitrogen and oxygen atoms in total. The summed E-state index contributed by atoms with van der Waals surface area (Å²) in [6.45, 7) is 6.57. The number of carbonyl (C=O) groups is 1. The molecule has 0 aliphatic heterocycles. The highest BCUT2D eigenvalue weighted by Gasteiger charge is 2.16. The summed E-state index contributed by atoms with van der Waals surface area (Å²) < 4.78 is 7.49. The van der Waals surface area contributed by atoms with Crippen molar-refractivity contribution in [3.05, 3.63) is 24.5 Å². The third-order valence-corrected chi connectivity index (χ3v) is 2.47. The van der Waals surface area contributed by atoms with E-state index in [0.717, 1.165) is 5.75 Å². The molecule has 0 bridgehead atoms. The van der Waals surface area contributed by atoms with Gasteiger partial charge in [-0.15, -0.1) is 0 Å². The van der Waals surface area contributed by atoms with Crippen molar-refractivity contribution in [3.63, 3.8) is 0 Å². The van der Waals surface area contributed by atoms with Crippen molar-refractivity contribution in [1.82, 2.24) is 0 Å². The molecule has 0 aliphatic rings. The zero-order valence-corrected chi connectivity index (χ0v) is 10.4. The van der Waals surface area contributed by atoms with Crippen LogP contribution in [0.3, 0.4) is 0 Å². The molecule has 0 saturated carbocycles. The average Bonchev–Trinajstić information content (AvgIpc) is 2.05. The van der Waals surface area contributed by atoms with Gasteiger partial charge in [-0.1, -0.05) is 0 Å². The van der Waals surface area contributed by atoms with Gasteiger partial charge in [0, 0.05) is 12.1 Å². The minimum atomic E-state index is -1.55. The van der Waals surface area contributed by atoms with Gasteiger partial charge in [0.25, 0.3) is 5.91 Å². The van der Waals surface area contributed by atoms with Gasteiger partial charge in [0.2, 0.25) is 14.9 Å². The Kier molecular flexibility index (Phi) is 3.46. The molecular weight excluding hydrogens is 208 g/mol. The topological polar surface area (TPSA) is 56.2 Å². The molecule has 82 valence electrons. The van der Waals surface area contributed by atoms with Gasteiger partial charge < -0.3 is 10.2 Å². The summed E-state index contributed by atoms with van der Waals surface area (Å²) in [6, 6.07) is 3.70. The zero-order chi connectivity index (χ0) is 11.5. The third-order valence-electron chi connectivity index (χ3n) is 1.62. The van der Waals surface area contributed by atoms with E-state index in [1.807, 2.05) is 12.1 Å². The summed E-state index contributed by atoms with van der Waals surface area (Å²) in [6.07, 6.45) is 3.58. The van der Waals surface area contributed by atoms with E-state index >= 15 is 0 Å². The maximum absolute atomic E-state index is 10.7. The Balaban J connectivity index is 2.68. The van der Waals surface area contributed by atoms with Crippen molar-refractivity contribution in [2.45, 2.75) is 26.2 Å². The summed E-state index contributed by atoms with van der Waals surface area (Å²) >= 11 is 0.